The lowest BCUT2D eigenvalue weighted by molar-refractivity contribution is 0.0916. The third-order valence-corrected chi connectivity index (χ3v) is 3.67. The van der Waals surface area contributed by atoms with E-state index >= 15 is 0 Å². The zero-order valence-electron chi connectivity index (χ0n) is 13.1. The van der Waals surface area contributed by atoms with Gasteiger partial charge in [-0.05, 0) is 42.0 Å². The number of amides is 1. The van der Waals surface area contributed by atoms with Crippen molar-refractivity contribution < 1.29 is 18.7 Å². The van der Waals surface area contributed by atoms with Crippen molar-refractivity contribution in [2.45, 2.75) is 6.10 Å². The summed E-state index contributed by atoms with van der Waals surface area (Å²) in [6.45, 7) is -0.0764. The molecule has 0 spiro atoms. The van der Waals surface area contributed by atoms with Crippen LogP contribution in [0.25, 0.3) is 5.69 Å². The lowest BCUT2D eigenvalue weighted by atomic mass is 10.1. The molecule has 0 saturated carbocycles. The van der Waals surface area contributed by atoms with Gasteiger partial charge in [0, 0.05) is 24.5 Å². The van der Waals surface area contributed by atoms with Crippen molar-refractivity contribution in [2.75, 3.05) is 6.54 Å². The first kappa shape index (κ1) is 16.8. The number of rotatable bonds is 5. The number of carbonyl (C=O) groups excluding carboxylic acids is 1. The summed E-state index contributed by atoms with van der Waals surface area (Å²) in [6, 6.07) is 11.0. The van der Waals surface area contributed by atoms with Crippen molar-refractivity contribution in [3.63, 3.8) is 0 Å². The van der Waals surface area contributed by atoms with E-state index in [2.05, 4.69) is 10.4 Å². The Kier molecular flexibility index (Phi) is 4.85. The molecule has 2 aromatic carbocycles. The van der Waals surface area contributed by atoms with Gasteiger partial charge < -0.3 is 10.4 Å². The Morgan fingerprint density at radius 3 is 2.60 bits per heavy atom. The normalized spacial score (nSPS) is 12.0. The molecule has 1 atom stereocenters. The molecule has 3 rings (SSSR count). The van der Waals surface area contributed by atoms with E-state index < -0.39 is 23.6 Å². The average molecular weight is 343 g/mol. The molecule has 0 bridgehead atoms. The summed E-state index contributed by atoms with van der Waals surface area (Å²) in [5.74, 6) is -1.52. The van der Waals surface area contributed by atoms with Crippen molar-refractivity contribution >= 4 is 5.91 Å². The van der Waals surface area contributed by atoms with Crippen molar-refractivity contribution in [3.8, 4) is 5.69 Å². The number of benzene rings is 2. The van der Waals surface area contributed by atoms with Gasteiger partial charge in [-0.15, -0.1) is 0 Å². The van der Waals surface area contributed by atoms with Gasteiger partial charge in [0.25, 0.3) is 5.91 Å². The highest BCUT2D eigenvalue weighted by molar-refractivity contribution is 5.94. The fourth-order valence-corrected chi connectivity index (χ4v) is 2.34. The highest BCUT2D eigenvalue weighted by Crippen LogP contribution is 2.15. The van der Waals surface area contributed by atoms with E-state index in [1.807, 2.05) is 0 Å². The Labute approximate surface area is 142 Å². The van der Waals surface area contributed by atoms with Crippen molar-refractivity contribution in [3.05, 3.63) is 83.7 Å². The summed E-state index contributed by atoms with van der Waals surface area (Å²) in [5.41, 5.74) is 0.828. The molecule has 2 N–H and O–H groups in total. The molecule has 0 aliphatic heterocycles. The Hall–Kier alpha value is -3.06. The first-order chi connectivity index (χ1) is 12.0. The van der Waals surface area contributed by atoms with E-state index in [1.54, 1.807) is 12.3 Å². The Bertz CT molecular complexity index is 865. The molecule has 7 heteroatoms. The molecule has 128 valence electrons. The van der Waals surface area contributed by atoms with Crippen LogP contribution in [0.1, 0.15) is 22.0 Å². The van der Waals surface area contributed by atoms with Gasteiger partial charge in [0.1, 0.15) is 17.3 Å². The van der Waals surface area contributed by atoms with E-state index in [0.717, 1.165) is 6.07 Å². The standard InChI is InChI=1S/C18H15F2N3O2/c19-14-5-2-12(3-6-14)17(24)11-21-18(25)13-4-7-16(15(20)10-13)23-9-1-8-22-23/h1-10,17,24H,11H2,(H,21,25). The number of aromatic nitrogens is 2. The van der Waals surface area contributed by atoms with Gasteiger partial charge in [-0.3, -0.25) is 4.79 Å². The number of halogens is 2. The van der Waals surface area contributed by atoms with Gasteiger partial charge in [0.2, 0.25) is 0 Å². The zero-order valence-corrected chi connectivity index (χ0v) is 13.1. The first-order valence-electron chi connectivity index (χ1n) is 7.56. The monoisotopic (exact) mass is 343 g/mol. The minimum absolute atomic E-state index is 0.0764. The fraction of sp³-hybridized carbons (Fsp3) is 0.111. The summed E-state index contributed by atoms with van der Waals surface area (Å²) in [7, 11) is 0. The summed E-state index contributed by atoms with van der Waals surface area (Å²) >= 11 is 0. The molecular weight excluding hydrogens is 328 g/mol. The van der Waals surface area contributed by atoms with Crippen LogP contribution in [0.2, 0.25) is 0 Å². The van der Waals surface area contributed by atoms with Gasteiger partial charge >= 0.3 is 0 Å². The van der Waals surface area contributed by atoms with Crippen LogP contribution in [0, 0.1) is 11.6 Å². The molecular formula is C18H15F2N3O2. The van der Waals surface area contributed by atoms with Crippen LogP contribution in [0.4, 0.5) is 8.78 Å². The third kappa shape index (κ3) is 3.89. The number of aliphatic hydroxyl groups excluding tert-OH is 1. The third-order valence-electron chi connectivity index (χ3n) is 3.67. The molecule has 1 aromatic heterocycles. The Morgan fingerprint density at radius 2 is 1.96 bits per heavy atom. The minimum Gasteiger partial charge on any atom is -0.387 e. The van der Waals surface area contributed by atoms with Crippen LogP contribution in [0.5, 0.6) is 0 Å². The predicted molar refractivity (Wildman–Crippen MR) is 87.2 cm³/mol. The van der Waals surface area contributed by atoms with Gasteiger partial charge in [-0.25, -0.2) is 13.5 Å². The predicted octanol–water partition coefficient (Wildman–Crippen LogP) is 2.61. The summed E-state index contributed by atoms with van der Waals surface area (Å²) in [5, 5.41) is 16.5. The second kappa shape index (κ2) is 7.23. The van der Waals surface area contributed by atoms with Gasteiger partial charge in [0.15, 0.2) is 0 Å². The molecule has 25 heavy (non-hydrogen) atoms. The molecule has 0 saturated heterocycles. The number of hydrogen-bond donors (Lipinski definition) is 2. The minimum atomic E-state index is -0.988. The van der Waals surface area contributed by atoms with Gasteiger partial charge in [0.05, 0.1) is 6.10 Å². The van der Waals surface area contributed by atoms with Crippen molar-refractivity contribution in [1.29, 1.82) is 0 Å². The maximum absolute atomic E-state index is 14.1. The summed E-state index contributed by atoms with van der Waals surface area (Å²) in [6.07, 6.45) is 2.13. The smallest absolute Gasteiger partial charge is 0.251 e. The molecule has 0 aliphatic rings. The van der Waals surface area contributed by atoms with Crippen LogP contribution in [0.3, 0.4) is 0 Å². The van der Waals surface area contributed by atoms with Crippen LogP contribution in [0.15, 0.2) is 60.9 Å². The topological polar surface area (TPSA) is 67.2 Å². The maximum atomic E-state index is 14.1. The number of hydrogen-bond acceptors (Lipinski definition) is 3. The van der Waals surface area contributed by atoms with Crippen LogP contribution in [-0.2, 0) is 0 Å². The molecule has 0 fully saturated rings. The molecule has 1 unspecified atom stereocenters. The Morgan fingerprint density at radius 1 is 1.20 bits per heavy atom. The van der Waals surface area contributed by atoms with E-state index in [9.17, 15) is 18.7 Å². The lowest BCUT2D eigenvalue weighted by Crippen LogP contribution is -2.28. The van der Waals surface area contributed by atoms with Crippen molar-refractivity contribution in [2.24, 2.45) is 0 Å². The fourth-order valence-electron chi connectivity index (χ4n) is 2.34. The van der Waals surface area contributed by atoms with Gasteiger partial charge in [-0.2, -0.15) is 5.10 Å². The quantitative estimate of drug-likeness (QED) is 0.748. The molecule has 3 aromatic rings. The van der Waals surface area contributed by atoms with E-state index in [0.29, 0.717) is 5.56 Å². The van der Waals surface area contributed by atoms with Crippen LogP contribution >= 0.6 is 0 Å². The second-order valence-electron chi connectivity index (χ2n) is 5.39. The SMILES string of the molecule is O=C(NCC(O)c1ccc(F)cc1)c1ccc(-n2cccn2)c(F)c1. The number of nitrogens with zero attached hydrogens (tertiary/aromatic N) is 2. The zero-order chi connectivity index (χ0) is 17.8. The molecule has 0 aliphatic carbocycles. The molecule has 5 nitrogen and oxygen atoms in total. The average Bonchev–Trinajstić information content (AvgIpc) is 3.14. The largest absolute Gasteiger partial charge is 0.387 e. The maximum Gasteiger partial charge on any atom is 0.251 e. The number of nitrogens with one attached hydrogen (secondary N) is 1. The lowest BCUT2D eigenvalue weighted by Gasteiger charge is -2.13. The van der Waals surface area contributed by atoms with E-state index in [4.69, 9.17) is 0 Å². The molecule has 0 radical (unpaired) electrons. The molecule has 1 heterocycles. The number of aliphatic hydroxyl groups is 1. The van der Waals surface area contributed by atoms with Crippen LogP contribution in [-0.4, -0.2) is 27.3 Å². The highest BCUT2D eigenvalue weighted by atomic mass is 19.1. The second-order valence-corrected chi connectivity index (χ2v) is 5.39. The first-order valence-corrected chi connectivity index (χ1v) is 7.56. The van der Waals surface area contributed by atoms with E-state index in [-0.39, 0.29) is 17.8 Å². The molecule has 1 amide bonds. The van der Waals surface area contributed by atoms with Crippen LogP contribution < -0.4 is 5.32 Å². The summed E-state index contributed by atoms with van der Waals surface area (Å²) in [4.78, 5) is 12.1. The summed E-state index contributed by atoms with van der Waals surface area (Å²) < 4.78 is 28.4. The van der Waals surface area contributed by atoms with Gasteiger partial charge in [-0.1, -0.05) is 12.1 Å². The van der Waals surface area contributed by atoms with Crippen molar-refractivity contribution in [1.82, 2.24) is 15.1 Å². The highest BCUT2D eigenvalue weighted by Gasteiger charge is 2.13. The van der Waals surface area contributed by atoms with E-state index in [1.165, 1.54) is 47.3 Å². The number of carbonyl (C=O) groups is 1. The Balaban J connectivity index is 1.65.